The van der Waals surface area contributed by atoms with Crippen LogP contribution < -0.4 is 15.7 Å². The average molecular weight is 535 g/mol. The zero-order valence-corrected chi connectivity index (χ0v) is 22.1. The lowest BCUT2D eigenvalue weighted by atomic mass is 10.2. The number of aromatic nitrogens is 2. The molecule has 1 aromatic heterocycles. The molecule has 7 nitrogen and oxygen atoms in total. The Hall–Kier alpha value is -4.69. The molecule has 0 bridgehead atoms. The van der Waals surface area contributed by atoms with Crippen molar-refractivity contribution in [3.63, 3.8) is 0 Å². The van der Waals surface area contributed by atoms with Crippen molar-refractivity contribution in [2.45, 2.75) is 18.7 Å². The molecule has 4 aromatic carbocycles. The second-order valence-electron chi connectivity index (χ2n) is 8.81. The van der Waals surface area contributed by atoms with E-state index in [9.17, 15) is 9.59 Å². The van der Waals surface area contributed by atoms with Gasteiger partial charge in [0.05, 0.1) is 28.6 Å². The average Bonchev–Trinajstić information content (AvgIpc) is 2.97. The maximum absolute atomic E-state index is 13.3. The Balaban J connectivity index is 1.22. The molecular weight excluding hydrogens is 508 g/mol. The summed E-state index contributed by atoms with van der Waals surface area (Å²) in [4.78, 5) is 30.5. The third-order valence-electron chi connectivity index (χ3n) is 5.90. The number of para-hydroxylation sites is 1. The molecule has 194 valence electrons. The summed E-state index contributed by atoms with van der Waals surface area (Å²) >= 11 is 1.18. The summed E-state index contributed by atoms with van der Waals surface area (Å²) in [6, 6.07) is 32.2. The third kappa shape index (κ3) is 6.61. The maximum atomic E-state index is 13.3. The zero-order valence-electron chi connectivity index (χ0n) is 21.3. The number of nitrogens with zero attached hydrogens (tertiary/aromatic N) is 3. The SMILES string of the molecule is Cc1ccc(-n2c(SCC(=O)NN=Cc3ccc(OCc4ccccc4)cc3)nc3ccccc3c2=O)cc1. The fraction of sp³-hybridized carbons (Fsp3) is 0.0968. The fourth-order valence-electron chi connectivity index (χ4n) is 3.86. The number of hydrogen-bond donors (Lipinski definition) is 1. The minimum atomic E-state index is -0.308. The summed E-state index contributed by atoms with van der Waals surface area (Å²) in [5, 5.41) is 5.03. The van der Waals surface area contributed by atoms with Crippen LogP contribution in [0.4, 0.5) is 0 Å². The van der Waals surface area contributed by atoms with Gasteiger partial charge in [-0.2, -0.15) is 5.10 Å². The molecule has 1 heterocycles. The number of fused-ring (bicyclic) bond motifs is 1. The number of carbonyl (C=O) groups is 1. The van der Waals surface area contributed by atoms with Crippen molar-refractivity contribution in [3.05, 3.63) is 130 Å². The third-order valence-corrected chi connectivity index (χ3v) is 6.84. The van der Waals surface area contributed by atoms with Gasteiger partial charge in [0.1, 0.15) is 12.4 Å². The van der Waals surface area contributed by atoms with Gasteiger partial charge in [0.2, 0.25) is 0 Å². The van der Waals surface area contributed by atoms with E-state index in [1.54, 1.807) is 22.9 Å². The number of amides is 1. The van der Waals surface area contributed by atoms with Crippen LogP contribution in [0.15, 0.2) is 118 Å². The molecular formula is C31H26N4O3S. The maximum Gasteiger partial charge on any atom is 0.266 e. The number of aryl methyl sites for hydroxylation is 1. The Morgan fingerprint density at radius 1 is 0.949 bits per heavy atom. The monoisotopic (exact) mass is 534 g/mol. The van der Waals surface area contributed by atoms with Gasteiger partial charge >= 0.3 is 0 Å². The molecule has 0 aliphatic heterocycles. The van der Waals surface area contributed by atoms with E-state index in [0.29, 0.717) is 28.4 Å². The molecule has 0 fully saturated rings. The lowest BCUT2D eigenvalue weighted by molar-refractivity contribution is -0.118. The number of nitrogens with one attached hydrogen (secondary N) is 1. The van der Waals surface area contributed by atoms with Crippen molar-refractivity contribution in [2.24, 2.45) is 5.10 Å². The van der Waals surface area contributed by atoms with Crippen LogP contribution in [0, 0.1) is 6.92 Å². The molecule has 39 heavy (non-hydrogen) atoms. The first kappa shape index (κ1) is 25.9. The number of ether oxygens (including phenoxy) is 1. The smallest absolute Gasteiger partial charge is 0.266 e. The zero-order chi connectivity index (χ0) is 27.0. The molecule has 8 heteroatoms. The quantitative estimate of drug-likeness (QED) is 0.117. The van der Waals surface area contributed by atoms with Crippen molar-refractivity contribution >= 4 is 34.8 Å². The largest absolute Gasteiger partial charge is 0.489 e. The Labute approximate surface area is 230 Å². The molecule has 5 aromatic rings. The number of thioether (sulfide) groups is 1. The number of carbonyl (C=O) groups excluding carboxylic acids is 1. The van der Waals surface area contributed by atoms with E-state index in [-0.39, 0.29) is 17.2 Å². The molecule has 0 aliphatic carbocycles. The molecule has 0 radical (unpaired) electrons. The summed E-state index contributed by atoms with van der Waals surface area (Å²) in [5.74, 6) is 0.483. The lowest BCUT2D eigenvalue weighted by Gasteiger charge is -2.13. The van der Waals surface area contributed by atoms with Crippen molar-refractivity contribution in [3.8, 4) is 11.4 Å². The number of benzene rings is 4. The highest BCUT2D eigenvalue weighted by Crippen LogP contribution is 2.21. The second kappa shape index (κ2) is 12.2. The van der Waals surface area contributed by atoms with E-state index in [1.807, 2.05) is 97.9 Å². The highest BCUT2D eigenvalue weighted by molar-refractivity contribution is 7.99. The van der Waals surface area contributed by atoms with E-state index in [0.717, 1.165) is 22.4 Å². The first-order chi connectivity index (χ1) is 19.1. The van der Waals surface area contributed by atoms with Crippen molar-refractivity contribution in [1.29, 1.82) is 0 Å². The molecule has 0 saturated heterocycles. The minimum absolute atomic E-state index is 0.0419. The van der Waals surface area contributed by atoms with Crippen LogP contribution in [0.5, 0.6) is 5.75 Å². The molecule has 0 aliphatic rings. The first-order valence-electron chi connectivity index (χ1n) is 12.4. The molecule has 0 unspecified atom stereocenters. The van der Waals surface area contributed by atoms with Crippen LogP contribution in [0.2, 0.25) is 0 Å². The second-order valence-corrected chi connectivity index (χ2v) is 9.76. The molecule has 5 rings (SSSR count). The summed E-state index contributed by atoms with van der Waals surface area (Å²) in [5.41, 5.74) is 6.65. The van der Waals surface area contributed by atoms with Gasteiger partial charge in [-0.1, -0.05) is 71.9 Å². The Kier molecular flexibility index (Phi) is 8.14. The molecule has 1 N–H and O–H groups in total. The van der Waals surface area contributed by atoms with E-state index in [2.05, 4.69) is 15.5 Å². The topological polar surface area (TPSA) is 85.6 Å². The van der Waals surface area contributed by atoms with Crippen LogP contribution in [-0.4, -0.2) is 27.4 Å². The Morgan fingerprint density at radius 2 is 1.67 bits per heavy atom. The van der Waals surface area contributed by atoms with Crippen LogP contribution >= 0.6 is 11.8 Å². The fourth-order valence-corrected chi connectivity index (χ4v) is 4.67. The Morgan fingerprint density at radius 3 is 2.44 bits per heavy atom. The van der Waals surface area contributed by atoms with E-state index < -0.39 is 0 Å². The molecule has 0 atom stereocenters. The van der Waals surface area contributed by atoms with Crippen LogP contribution in [0.1, 0.15) is 16.7 Å². The molecule has 1 amide bonds. The van der Waals surface area contributed by atoms with Gasteiger partial charge in [-0.05, 0) is 66.6 Å². The van der Waals surface area contributed by atoms with Gasteiger partial charge in [-0.25, -0.2) is 10.4 Å². The van der Waals surface area contributed by atoms with Crippen LogP contribution in [0.25, 0.3) is 16.6 Å². The highest BCUT2D eigenvalue weighted by Gasteiger charge is 2.14. The Bertz CT molecular complexity index is 1670. The lowest BCUT2D eigenvalue weighted by Crippen LogP contribution is -2.24. The van der Waals surface area contributed by atoms with Gasteiger partial charge < -0.3 is 4.74 Å². The first-order valence-corrected chi connectivity index (χ1v) is 13.4. The van der Waals surface area contributed by atoms with E-state index >= 15 is 0 Å². The predicted octanol–water partition coefficient (Wildman–Crippen LogP) is 5.52. The van der Waals surface area contributed by atoms with Crippen LogP contribution in [0.3, 0.4) is 0 Å². The molecule has 0 saturated carbocycles. The van der Waals surface area contributed by atoms with Crippen molar-refractivity contribution < 1.29 is 9.53 Å². The van der Waals surface area contributed by atoms with Gasteiger partial charge in [0.25, 0.3) is 11.5 Å². The van der Waals surface area contributed by atoms with E-state index in [1.165, 1.54) is 11.8 Å². The summed E-state index contributed by atoms with van der Waals surface area (Å²) in [6.45, 7) is 2.48. The van der Waals surface area contributed by atoms with Gasteiger partial charge in [-0.15, -0.1) is 0 Å². The van der Waals surface area contributed by atoms with Crippen LogP contribution in [-0.2, 0) is 11.4 Å². The number of rotatable bonds is 9. The standard InChI is InChI=1S/C31H26N4O3S/c1-22-11-15-25(16-12-22)35-30(37)27-9-5-6-10-28(27)33-31(35)39-21-29(36)34-32-19-23-13-17-26(18-14-23)38-20-24-7-3-2-4-8-24/h2-19H,20-21H2,1H3,(H,34,36). The highest BCUT2D eigenvalue weighted by atomic mass is 32.2. The summed E-state index contributed by atoms with van der Waals surface area (Å²) < 4.78 is 7.35. The summed E-state index contributed by atoms with van der Waals surface area (Å²) in [7, 11) is 0. The van der Waals surface area contributed by atoms with Crippen molar-refractivity contribution in [2.75, 3.05) is 5.75 Å². The van der Waals surface area contributed by atoms with E-state index in [4.69, 9.17) is 4.74 Å². The normalized spacial score (nSPS) is 11.1. The van der Waals surface area contributed by atoms with Crippen molar-refractivity contribution in [1.82, 2.24) is 15.0 Å². The molecule has 0 spiro atoms. The number of hydrogen-bond acceptors (Lipinski definition) is 6. The van der Waals surface area contributed by atoms with Gasteiger partial charge in [0.15, 0.2) is 5.16 Å². The number of hydrazone groups is 1. The van der Waals surface area contributed by atoms with Gasteiger partial charge in [-0.3, -0.25) is 14.2 Å². The van der Waals surface area contributed by atoms with Gasteiger partial charge in [0, 0.05) is 0 Å². The minimum Gasteiger partial charge on any atom is -0.489 e. The predicted molar refractivity (Wildman–Crippen MR) is 156 cm³/mol. The summed E-state index contributed by atoms with van der Waals surface area (Å²) in [6.07, 6.45) is 1.57.